The van der Waals surface area contributed by atoms with Crippen molar-refractivity contribution in [3.8, 4) is 5.75 Å². The van der Waals surface area contributed by atoms with E-state index >= 15 is 0 Å². The van der Waals surface area contributed by atoms with Gasteiger partial charge in [0, 0.05) is 19.7 Å². The molecule has 4 heteroatoms. The Kier molecular flexibility index (Phi) is 4.44. The summed E-state index contributed by atoms with van der Waals surface area (Å²) in [5.41, 5.74) is 7.80. The second kappa shape index (κ2) is 6.07. The number of hydrogen-bond donors (Lipinski definition) is 1. The van der Waals surface area contributed by atoms with Gasteiger partial charge in [-0.2, -0.15) is 0 Å². The fourth-order valence-corrected chi connectivity index (χ4v) is 2.39. The van der Waals surface area contributed by atoms with Crippen LogP contribution < -0.4 is 10.5 Å². The molecule has 1 saturated heterocycles. The number of likely N-dealkylation sites (N-methyl/N-ethyl adjacent to an activating group) is 1. The summed E-state index contributed by atoms with van der Waals surface area (Å²) < 4.78 is 10.8. The predicted octanol–water partition coefficient (Wildman–Crippen LogP) is 1.89. The summed E-state index contributed by atoms with van der Waals surface area (Å²) in [6, 6.07) is 5.95. The van der Waals surface area contributed by atoms with Gasteiger partial charge in [-0.25, -0.2) is 0 Å². The van der Waals surface area contributed by atoms with Crippen molar-refractivity contribution >= 4 is 5.69 Å². The van der Waals surface area contributed by atoms with E-state index < -0.39 is 0 Å². The standard InChI is InChI=1S/C14H22N2O2/c1-16(10-12-4-3-7-18-12)9-11-5-6-14(17-2)13(15)8-11/h5-6,8,12H,3-4,7,9-10,15H2,1-2H3. The molecule has 1 aliphatic heterocycles. The van der Waals surface area contributed by atoms with Gasteiger partial charge >= 0.3 is 0 Å². The van der Waals surface area contributed by atoms with Crippen molar-refractivity contribution < 1.29 is 9.47 Å². The lowest BCUT2D eigenvalue weighted by molar-refractivity contribution is 0.0793. The second-order valence-electron chi connectivity index (χ2n) is 4.91. The van der Waals surface area contributed by atoms with Gasteiger partial charge in [0.15, 0.2) is 0 Å². The minimum Gasteiger partial charge on any atom is -0.495 e. The van der Waals surface area contributed by atoms with E-state index in [1.807, 2.05) is 12.1 Å². The number of methoxy groups -OCH3 is 1. The molecule has 1 atom stereocenters. The van der Waals surface area contributed by atoms with Crippen LogP contribution in [0.3, 0.4) is 0 Å². The van der Waals surface area contributed by atoms with E-state index in [2.05, 4.69) is 18.0 Å². The molecule has 0 aliphatic carbocycles. The first kappa shape index (κ1) is 13.2. The Bertz CT molecular complexity index is 389. The SMILES string of the molecule is COc1ccc(CN(C)CC2CCCO2)cc1N. The Hall–Kier alpha value is -1.26. The molecular weight excluding hydrogens is 228 g/mol. The van der Waals surface area contributed by atoms with Gasteiger partial charge in [-0.15, -0.1) is 0 Å². The van der Waals surface area contributed by atoms with Crippen LogP contribution in [-0.4, -0.2) is 38.3 Å². The van der Waals surface area contributed by atoms with Gasteiger partial charge < -0.3 is 15.2 Å². The molecule has 0 radical (unpaired) electrons. The Balaban J connectivity index is 1.89. The molecule has 100 valence electrons. The number of nitrogens with two attached hydrogens (primary N) is 1. The first-order chi connectivity index (χ1) is 8.69. The van der Waals surface area contributed by atoms with Crippen LogP contribution in [0.1, 0.15) is 18.4 Å². The monoisotopic (exact) mass is 250 g/mol. The number of benzene rings is 1. The van der Waals surface area contributed by atoms with Gasteiger partial charge in [0.25, 0.3) is 0 Å². The minimum absolute atomic E-state index is 0.394. The molecule has 1 heterocycles. The van der Waals surface area contributed by atoms with Crippen LogP contribution in [0.25, 0.3) is 0 Å². The molecule has 0 amide bonds. The van der Waals surface area contributed by atoms with Gasteiger partial charge in [0.1, 0.15) is 5.75 Å². The molecule has 0 spiro atoms. The lowest BCUT2D eigenvalue weighted by atomic mass is 10.1. The third-order valence-electron chi connectivity index (χ3n) is 3.29. The van der Waals surface area contributed by atoms with Crippen molar-refractivity contribution in [3.63, 3.8) is 0 Å². The van der Waals surface area contributed by atoms with E-state index in [0.29, 0.717) is 11.8 Å². The Labute approximate surface area is 109 Å². The highest BCUT2D eigenvalue weighted by atomic mass is 16.5. The van der Waals surface area contributed by atoms with Crippen LogP contribution in [0, 0.1) is 0 Å². The minimum atomic E-state index is 0.394. The molecule has 1 unspecified atom stereocenters. The lowest BCUT2D eigenvalue weighted by Gasteiger charge is -2.20. The summed E-state index contributed by atoms with van der Waals surface area (Å²) in [5.74, 6) is 0.737. The highest BCUT2D eigenvalue weighted by Crippen LogP contribution is 2.22. The molecular formula is C14H22N2O2. The normalized spacial score (nSPS) is 19.4. The van der Waals surface area contributed by atoms with Crippen molar-refractivity contribution in [2.45, 2.75) is 25.5 Å². The van der Waals surface area contributed by atoms with Crippen LogP contribution in [0.15, 0.2) is 18.2 Å². The first-order valence-electron chi connectivity index (χ1n) is 6.41. The maximum absolute atomic E-state index is 5.90. The van der Waals surface area contributed by atoms with E-state index in [1.165, 1.54) is 18.4 Å². The lowest BCUT2D eigenvalue weighted by Crippen LogP contribution is -2.28. The van der Waals surface area contributed by atoms with Crippen molar-refractivity contribution in [3.05, 3.63) is 23.8 Å². The molecule has 4 nitrogen and oxygen atoms in total. The molecule has 0 bridgehead atoms. The third-order valence-corrected chi connectivity index (χ3v) is 3.29. The van der Waals surface area contributed by atoms with Crippen LogP contribution >= 0.6 is 0 Å². The molecule has 1 aliphatic rings. The highest BCUT2D eigenvalue weighted by Gasteiger charge is 2.17. The number of rotatable bonds is 5. The Morgan fingerprint density at radius 2 is 2.33 bits per heavy atom. The second-order valence-corrected chi connectivity index (χ2v) is 4.91. The van der Waals surface area contributed by atoms with Gasteiger partial charge in [0.2, 0.25) is 0 Å². The number of anilines is 1. The summed E-state index contributed by atoms with van der Waals surface area (Å²) in [6.07, 6.45) is 2.76. The summed E-state index contributed by atoms with van der Waals surface area (Å²) in [7, 11) is 3.75. The smallest absolute Gasteiger partial charge is 0.141 e. The average Bonchev–Trinajstić information content (AvgIpc) is 2.82. The zero-order valence-electron chi connectivity index (χ0n) is 11.2. The summed E-state index contributed by atoms with van der Waals surface area (Å²) >= 11 is 0. The summed E-state index contributed by atoms with van der Waals surface area (Å²) in [6.45, 7) is 2.77. The van der Waals surface area contributed by atoms with Crippen molar-refractivity contribution in [1.29, 1.82) is 0 Å². The van der Waals surface area contributed by atoms with E-state index in [9.17, 15) is 0 Å². The van der Waals surface area contributed by atoms with Crippen LogP contribution in [-0.2, 0) is 11.3 Å². The van der Waals surface area contributed by atoms with Gasteiger partial charge in [-0.3, -0.25) is 4.90 Å². The van der Waals surface area contributed by atoms with Gasteiger partial charge in [-0.1, -0.05) is 6.07 Å². The molecule has 1 fully saturated rings. The van der Waals surface area contributed by atoms with E-state index in [4.69, 9.17) is 15.2 Å². The maximum Gasteiger partial charge on any atom is 0.141 e. The van der Waals surface area contributed by atoms with Crippen molar-refractivity contribution in [2.24, 2.45) is 0 Å². The first-order valence-corrected chi connectivity index (χ1v) is 6.41. The summed E-state index contributed by atoms with van der Waals surface area (Å²) in [4.78, 5) is 2.28. The molecule has 2 rings (SSSR count). The zero-order valence-corrected chi connectivity index (χ0v) is 11.2. The van der Waals surface area contributed by atoms with Crippen molar-refractivity contribution in [2.75, 3.05) is 33.0 Å². The summed E-state index contributed by atoms with van der Waals surface area (Å²) in [5, 5.41) is 0. The number of nitrogen functional groups attached to an aromatic ring is 1. The van der Waals surface area contributed by atoms with Crippen LogP contribution in [0.4, 0.5) is 5.69 Å². The molecule has 18 heavy (non-hydrogen) atoms. The van der Waals surface area contributed by atoms with Crippen molar-refractivity contribution in [1.82, 2.24) is 4.90 Å². The fourth-order valence-electron chi connectivity index (χ4n) is 2.39. The van der Waals surface area contributed by atoms with Gasteiger partial charge in [0.05, 0.1) is 18.9 Å². The maximum atomic E-state index is 5.90. The van der Waals surface area contributed by atoms with Crippen LogP contribution in [0.5, 0.6) is 5.75 Å². The highest BCUT2D eigenvalue weighted by molar-refractivity contribution is 5.54. The Morgan fingerprint density at radius 3 is 2.94 bits per heavy atom. The molecule has 0 aromatic heterocycles. The topological polar surface area (TPSA) is 47.7 Å². The predicted molar refractivity (Wildman–Crippen MR) is 72.7 cm³/mol. The van der Waals surface area contributed by atoms with E-state index in [0.717, 1.165) is 25.4 Å². The molecule has 2 N–H and O–H groups in total. The molecule has 1 aromatic carbocycles. The fraction of sp³-hybridized carbons (Fsp3) is 0.571. The quantitative estimate of drug-likeness (QED) is 0.811. The van der Waals surface area contributed by atoms with E-state index in [-0.39, 0.29) is 0 Å². The average molecular weight is 250 g/mol. The number of nitrogens with zero attached hydrogens (tertiary/aromatic N) is 1. The molecule has 1 aromatic rings. The third kappa shape index (κ3) is 3.37. The van der Waals surface area contributed by atoms with Gasteiger partial charge in [-0.05, 0) is 37.6 Å². The zero-order chi connectivity index (χ0) is 13.0. The Morgan fingerprint density at radius 1 is 1.50 bits per heavy atom. The number of ether oxygens (including phenoxy) is 2. The largest absolute Gasteiger partial charge is 0.495 e. The van der Waals surface area contributed by atoms with Crippen LogP contribution in [0.2, 0.25) is 0 Å². The number of hydrogen-bond acceptors (Lipinski definition) is 4. The van der Waals surface area contributed by atoms with E-state index in [1.54, 1.807) is 7.11 Å². The molecule has 0 saturated carbocycles.